The molecule has 1 N–H and O–H groups in total. The molecular weight excluding hydrogens is 374 g/mol. The summed E-state index contributed by atoms with van der Waals surface area (Å²) in [6.45, 7) is -0.107. The van der Waals surface area contributed by atoms with Crippen molar-refractivity contribution in [3.8, 4) is 0 Å². The third-order valence-electron chi connectivity index (χ3n) is 4.38. The van der Waals surface area contributed by atoms with Gasteiger partial charge in [0.2, 0.25) is 0 Å². The van der Waals surface area contributed by atoms with Crippen LogP contribution in [0.15, 0.2) is 47.4 Å². The molecule has 0 radical (unpaired) electrons. The average Bonchev–Trinajstić information content (AvgIpc) is 2.57. The van der Waals surface area contributed by atoms with Crippen molar-refractivity contribution in [2.24, 2.45) is 0 Å². The molecule has 0 spiro atoms. The third-order valence-corrected chi connectivity index (χ3v) is 7.14. The van der Waals surface area contributed by atoms with Crippen molar-refractivity contribution in [2.75, 3.05) is 6.61 Å². The van der Waals surface area contributed by atoms with Crippen LogP contribution in [0.5, 0.6) is 0 Å². The van der Waals surface area contributed by atoms with Gasteiger partial charge in [0, 0.05) is 17.0 Å². The zero-order valence-electron chi connectivity index (χ0n) is 13.0. The first kappa shape index (κ1) is 18.3. The van der Waals surface area contributed by atoms with Gasteiger partial charge in [-0.05, 0) is 48.9 Å². The van der Waals surface area contributed by atoms with Crippen LogP contribution in [0.3, 0.4) is 0 Å². The summed E-state index contributed by atoms with van der Waals surface area (Å²) in [5.41, 5.74) is -0.315. The number of hydrogen-bond donors (Lipinski definition) is 1. The fourth-order valence-electron chi connectivity index (χ4n) is 3.12. The van der Waals surface area contributed by atoms with Crippen molar-refractivity contribution in [3.05, 3.63) is 64.7 Å². The second-order valence-corrected chi connectivity index (χ2v) is 8.55. The first-order chi connectivity index (χ1) is 11.8. The number of rotatable bonds is 3. The Labute approximate surface area is 148 Å². The molecule has 0 amide bonds. The number of halogens is 3. The fourth-order valence-corrected chi connectivity index (χ4v) is 5.35. The van der Waals surface area contributed by atoms with Gasteiger partial charge in [0.15, 0.2) is 16.1 Å². The largest absolute Gasteiger partial charge is 0.368 e. The molecule has 2 atom stereocenters. The number of benzene rings is 2. The van der Waals surface area contributed by atoms with Crippen molar-refractivity contribution in [2.45, 2.75) is 28.8 Å². The van der Waals surface area contributed by atoms with Crippen LogP contribution >= 0.6 is 11.6 Å². The van der Waals surface area contributed by atoms with Crippen molar-refractivity contribution >= 4 is 21.4 Å². The van der Waals surface area contributed by atoms with Gasteiger partial charge in [-0.3, -0.25) is 0 Å². The van der Waals surface area contributed by atoms with Gasteiger partial charge < -0.3 is 9.84 Å². The van der Waals surface area contributed by atoms with Gasteiger partial charge in [0.05, 0.1) is 11.5 Å². The van der Waals surface area contributed by atoms with Crippen LogP contribution < -0.4 is 0 Å². The van der Waals surface area contributed by atoms with E-state index in [1.165, 1.54) is 24.3 Å². The van der Waals surface area contributed by atoms with Gasteiger partial charge in [-0.25, -0.2) is 17.2 Å². The standard InChI is InChI=1S/C17H15ClF2O4S/c18-11-1-4-13(5-2-11)25(22,23)17(7-8-24-16(21)10-17)14-9-12(19)3-6-15(14)20/h1-6,9,16,21H,7-8,10H2/t16?,17-/m0/s1. The smallest absolute Gasteiger partial charge is 0.188 e. The summed E-state index contributed by atoms with van der Waals surface area (Å²) in [4.78, 5) is -0.0883. The summed E-state index contributed by atoms with van der Waals surface area (Å²) >= 11 is 5.80. The summed E-state index contributed by atoms with van der Waals surface area (Å²) in [6, 6.07) is 8.07. The van der Waals surface area contributed by atoms with E-state index in [9.17, 15) is 22.3 Å². The van der Waals surface area contributed by atoms with Gasteiger partial charge in [-0.1, -0.05) is 11.6 Å². The van der Waals surface area contributed by atoms with E-state index in [1.807, 2.05) is 0 Å². The number of aliphatic hydroxyl groups is 1. The van der Waals surface area contributed by atoms with Crippen molar-refractivity contribution in [1.29, 1.82) is 0 Å². The highest BCUT2D eigenvalue weighted by Gasteiger charge is 2.51. The van der Waals surface area contributed by atoms with Crippen LogP contribution in [-0.4, -0.2) is 26.4 Å². The van der Waals surface area contributed by atoms with Gasteiger partial charge in [-0.2, -0.15) is 0 Å². The summed E-state index contributed by atoms with van der Waals surface area (Å²) in [7, 11) is -4.17. The molecule has 0 saturated carbocycles. The molecule has 0 bridgehead atoms. The van der Waals surface area contributed by atoms with E-state index in [4.69, 9.17) is 16.3 Å². The maximum atomic E-state index is 14.5. The van der Waals surface area contributed by atoms with E-state index in [1.54, 1.807) is 0 Å². The first-order valence-corrected chi connectivity index (χ1v) is 9.38. The summed E-state index contributed by atoms with van der Waals surface area (Å²) in [5, 5.41) is 10.2. The van der Waals surface area contributed by atoms with Crippen molar-refractivity contribution in [3.63, 3.8) is 0 Å². The average molecular weight is 389 g/mol. The molecule has 0 aliphatic carbocycles. The highest BCUT2D eigenvalue weighted by Crippen LogP contribution is 2.46. The van der Waals surface area contributed by atoms with Gasteiger partial charge >= 0.3 is 0 Å². The quantitative estimate of drug-likeness (QED) is 0.875. The zero-order chi connectivity index (χ0) is 18.2. The maximum absolute atomic E-state index is 14.5. The predicted octanol–water partition coefficient (Wildman–Crippen LogP) is 3.42. The minimum atomic E-state index is -4.17. The Hall–Kier alpha value is -1.54. The molecule has 4 nitrogen and oxygen atoms in total. The lowest BCUT2D eigenvalue weighted by molar-refractivity contribution is -0.134. The summed E-state index contributed by atoms with van der Waals surface area (Å²) in [5.74, 6) is -1.61. The molecule has 1 fully saturated rings. The molecule has 3 rings (SSSR count). The highest BCUT2D eigenvalue weighted by atomic mass is 35.5. The minimum Gasteiger partial charge on any atom is -0.368 e. The number of aliphatic hydroxyl groups excluding tert-OH is 1. The van der Waals surface area contributed by atoms with Gasteiger partial charge in [-0.15, -0.1) is 0 Å². The van der Waals surface area contributed by atoms with E-state index in [0.717, 1.165) is 18.2 Å². The molecule has 25 heavy (non-hydrogen) atoms. The van der Waals surface area contributed by atoms with E-state index in [0.29, 0.717) is 5.02 Å². The van der Waals surface area contributed by atoms with Crippen molar-refractivity contribution < 1.29 is 27.0 Å². The zero-order valence-corrected chi connectivity index (χ0v) is 14.5. The monoisotopic (exact) mass is 388 g/mol. The molecule has 134 valence electrons. The lowest BCUT2D eigenvalue weighted by atomic mass is 9.89. The molecule has 1 aliphatic rings. The topological polar surface area (TPSA) is 63.6 Å². The third kappa shape index (κ3) is 3.17. The Bertz CT molecular complexity index is 886. The summed E-state index contributed by atoms with van der Waals surface area (Å²) in [6.07, 6.45) is -1.92. The Kier molecular flexibility index (Phi) is 4.85. The van der Waals surface area contributed by atoms with Crippen LogP contribution in [0.2, 0.25) is 5.02 Å². The van der Waals surface area contributed by atoms with E-state index < -0.39 is 38.9 Å². The Morgan fingerprint density at radius 3 is 2.48 bits per heavy atom. The number of hydrogen-bond acceptors (Lipinski definition) is 4. The lowest BCUT2D eigenvalue weighted by Crippen LogP contribution is -2.45. The van der Waals surface area contributed by atoms with Crippen molar-refractivity contribution in [1.82, 2.24) is 0 Å². The molecule has 1 unspecified atom stereocenters. The molecule has 0 aromatic heterocycles. The molecule has 2 aromatic carbocycles. The number of ether oxygens (including phenoxy) is 1. The Morgan fingerprint density at radius 2 is 1.84 bits per heavy atom. The first-order valence-electron chi connectivity index (χ1n) is 7.52. The normalized spacial score (nSPS) is 24.2. The van der Waals surface area contributed by atoms with E-state index >= 15 is 0 Å². The fraction of sp³-hybridized carbons (Fsp3) is 0.294. The highest BCUT2D eigenvalue weighted by molar-refractivity contribution is 7.92. The van der Waals surface area contributed by atoms with E-state index in [-0.39, 0.29) is 23.5 Å². The van der Waals surface area contributed by atoms with Crippen LogP contribution in [0.25, 0.3) is 0 Å². The minimum absolute atomic E-state index is 0.0883. The second-order valence-electron chi connectivity index (χ2n) is 5.86. The Morgan fingerprint density at radius 1 is 1.16 bits per heavy atom. The molecule has 1 heterocycles. The van der Waals surface area contributed by atoms with Gasteiger partial charge in [0.25, 0.3) is 0 Å². The molecule has 8 heteroatoms. The van der Waals surface area contributed by atoms with Gasteiger partial charge in [0.1, 0.15) is 16.4 Å². The molecule has 2 aromatic rings. The molecule has 1 saturated heterocycles. The van der Waals surface area contributed by atoms with E-state index in [2.05, 4.69) is 0 Å². The molecular formula is C17H15ClF2O4S. The number of sulfone groups is 1. The molecule has 1 aliphatic heterocycles. The van der Waals surface area contributed by atoms with Crippen LogP contribution in [0, 0.1) is 11.6 Å². The SMILES string of the molecule is O=S(=O)(c1ccc(Cl)cc1)[C@@]1(c2cc(F)ccc2F)CCOC(O)C1. The maximum Gasteiger partial charge on any atom is 0.188 e. The lowest BCUT2D eigenvalue weighted by Gasteiger charge is -2.39. The summed E-state index contributed by atoms with van der Waals surface area (Å²) < 4.78 is 58.1. The predicted molar refractivity (Wildman–Crippen MR) is 87.9 cm³/mol. The van der Waals surface area contributed by atoms with Crippen LogP contribution in [0.1, 0.15) is 18.4 Å². The second kappa shape index (κ2) is 6.64. The van der Waals surface area contributed by atoms with Crippen LogP contribution in [-0.2, 0) is 19.3 Å². The Balaban J connectivity index is 2.25. The van der Waals surface area contributed by atoms with Crippen LogP contribution in [0.4, 0.5) is 8.78 Å².